The number of nitrogens with one attached hydrogen (secondary N) is 2. The zero-order chi connectivity index (χ0) is 25.0. The number of rotatable bonds is 12. The van der Waals surface area contributed by atoms with E-state index in [1.165, 1.54) is 0 Å². The number of carbonyl (C=O) groups is 3. The van der Waals surface area contributed by atoms with E-state index in [2.05, 4.69) is 17.6 Å². The minimum absolute atomic E-state index is 0.203. The predicted octanol–water partition coefficient (Wildman–Crippen LogP) is 4.88. The smallest absolute Gasteiger partial charge is 0.408 e. The van der Waals surface area contributed by atoms with E-state index in [0.29, 0.717) is 13.1 Å². The van der Waals surface area contributed by atoms with E-state index < -0.39 is 23.8 Å². The van der Waals surface area contributed by atoms with Crippen molar-refractivity contribution in [2.45, 2.75) is 98.3 Å². The van der Waals surface area contributed by atoms with Crippen molar-refractivity contribution in [3.63, 3.8) is 0 Å². The number of ether oxygens (including phenoxy) is 1. The molecule has 7 nitrogen and oxygen atoms in total. The summed E-state index contributed by atoms with van der Waals surface area (Å²) in [6.45, 7) is 14.0. The molecule has 0 spiro atoms. The zero-order valence-electron chi connectivity index (χ0n) is 21.5. The van der Waals surface area contributed by atoms with Gasteiger partial charge in [0.1, 0.15) is 17.7 Å². The molecule has 0 aromatic heterocycles. The van der Waals surface area contributed by atoms with Crippen molar-refractivity contribution in [3.8, 4) is 0 Å². The Morgan fingerprint density at radius 2 is 1.73 bits per heavy atom. The highest BCUT2D eigenvalue weighted by Gasteiger charge is 2.34. The molecule has 7 heteroatoms. The van der Waals surface area contributed by atoms with Crippen molar-refractivity contribution in [1.29, 1.82) is 0 Å². The Morgan fingerprint density at radius 1 is 1.06 bits per heavy atom. The number of aryl methyl sites for hydroxylation is 1. The molecule has 0 radical (unpaired) electrons. The van der Waals surface area contributed by atoms with Crippen LogP contribution in [0.2, 0.25) is 0 Å². The van der Waals surface area contributed by atoms with Gasteiger partial charge in [-0.3, -0.25) is 9.59 Å². The van der Waals surface area contributed by atoms with Gasteiger partial charge in [0, 0.05) is 13.1 Å². The minimum Gasteiger partial charge on any atom is -0.444 e. The molecule has 33 heavy (non-hydrogen) atoms. The van der Waals surface area contributed by atoms with Crippen LogP contribution >= 0.6 is 0 Å². The third-order valence-corrected chi connectivity index (χ3v) is 5.14. The van der Waals surface area contributed by atoms with Crippen LogP contribution in [0, 0.1) is 6.92 Å². The normalized spacial score (nSPS) is 13.1. The number of nitrogens with zero attached hydrogens (tertiary/aromatic N) is 1. The quantitative estimate of drug-likeness (QED) is 0.434. The van der Waals surface area contributed by atoms with Gasteiger partial charge in [-0.15, -0.1) is 0 Å². The summed E-state index contributed by atoms with van der Waals surface area (Å²) in [5.41, 5.74) is 1.10. The lowest BCUT2D eigenvalue weighted by atomic mass is 10.0. The minimum atomic E-state index is -0.836. The highest BCUT2D eigenvalue weighted by Crippen LogP contribution is 2.24. The first-order valence-electron chi connectivity index (χ1n) is 12.1. The molecule has 1 rings (SSSR count). The van der Waals surface area contributed by atoms with E-state index in [1.54, 1.807) is 32.6 Å². The number of hydrogen-bond donors (Lipinski definition) is 2. The van der Waals surface area contributed by atoms with Crippen LogP contribution in [0.25, 0.3) is 0 Å². The highest BCUT2D eigenvalue weighted by atomic mass is 16.6. The first-order valence-corrected chi connectivity index (χ1v) is 12.1. The summed E-state index contributed by atoms with van der Waals surface area (Å²) in [4.78, 5) is 40.7. The second-order valence-electron chi connectivity index (χ2n) is 9.57. The second kappa shape index (κ2) is 13.9. The van der Waals surface area contributed by atoms with Crippen molar-refractivity contribution in [1.82, 2.24) is 15.5 Å². The molecule has 0 bridgehead atoms. The van der Waals surface area contributed by atoms with Crippen molar-refractivity contribution in [2.75, 3.05) is 13.1 Å². The van der Waals surface area contributed by atoms with Crippen LogP contribution in [0.3, 0.4) is 0 Å². The summed E-state index contributed by atoms with van der Waals surface area (Å²) in [6.07, 6.45) is 3.95. The Hall–Kier alpha value is -2.57. The molecule has 2 N–H and O–H groups in total. The molecule has 1 aromatic rings. The van der Waals surface area contributed by atoms with Crippen molar-refractivity contribution < 1.29 is 19.1 Å². The number of alkyl carbamates (subject to hydrolysis) is 1. The molecule has 186 valence electrons. The van der Waals surface area contributed by atoms with Gasteiger partial charge in [0.2, 0.25) is 11.8 Å². The molecule has 0 fully saturated rings. The average molecular weight is 462 g/mol. The summed E-state index contributed by atoms with van der Waals surface area (Å²) in [5, 5.41) is 5.64. The maximum absolute atomic E-state index is 13.5. The second-order valence-corrected chi connectivity index (χ2v) is 9.57. The van der Waals surface area contributed by atoms with Crippen LogP contribution in [0.4, 0.5) is 4.79 Å². The maximum Gasteiger partial charge on any atom is 0.408 e. The van der Waals surface area contributed by atoms with Crippen LogP contribution < -0.4 is 10.6 Å². The Labute approximate surface area is 199 Å². The van der Waals surface area contributed by atoms with Crippen molar-refractivity contribution >= 4 is 17.9 Å². The van der Waals surface area contributed by atoms with Crippen LogP contribution in [-0.2, 0) is 14.3 Å². The van der Waals surface area contributed by atoms with E-state index in [4.69, 9.17) is 4.74 Å². The van der Waals surface area contributed by atoms with E-state index >= 15 is 0 Å². The zero-order valence-corrected chi connectivity index (χ0v) is 21.5. The molecule has 2 unspecified atom stereocenters. The number of unbranched alkanes of at least 4 members (excludes halogenated alkanes) is 3. The number of hydrogen-bond acceptors (Lipinski definition) is 4. The van der Waals surface area contributed by atoms with Gasteiger partial charge in [-0.05, 0) is 53.0 Å². The Kier molecular flexibility index (Phi) is 12.0. The van der Waals surface area contributed by atoms with Gasteiger partial charge in [0.15, 0.2) is 0 Å². The summed E-state index contributed by atoms with van der Waals surface area (Å²) in [5.74, 6) is -0.518. The molecule has 0 aliphatic carbocycles. The molecular formula is C26H43N3O4. The predicted molar refractivity (Wildman–Crippen MR) is 132 cm³/mol. The average Bonchev–Trinajstić information content (AvgIpc) is 2.72. The summed E-state index contributed by atoms with van der Waals surface area (Å²) in [7, 11) is 0. The summed E-state index contributed by atoms with van der Waals surface area (Å²) in [6, 6.07) is 6.07. The number of amides is 3. The molecular weight excluding hydrogens is 418 g/mol. The fourth-order valence-electron chi connectivity index (χ4n) is 3.49. The maximum atomic E-state index is 13.5. The van der Waals surface area contributed by atoms with Gasteiger partial charge < -0.3 is 20.3 Å². The summed E-state index contributed by atoms with van der Waals surface area (Å²) < 4.78 is 5.30. The Bertz CT molecular complexity index is 773. The molecule has 0 aliphatic heterocycles. The lowest BCUT2D eigenvalue weighted by Crippen LogP contribution is -2.52. The largest absolute Gasteiger partial charge is 0.444 e. The summed E-state index contributed by atoms with van der Waals surface area (Å²) >= 11 is 0. The fourth-order valence-corrected chi connectivity index (χ4v) is 3.49. The SMILES string of the molecule is CCCCCNC(=O)C(c1cccc(C)c1)N(CCCC)C(=O)C(C)NC(=O)OC(C)(C)C. The standard InChI is InChI=1S/C26H43N3O4/c1-8-10-12-16-27-23(30)22(21-15-13-14-19(3)18-21)29(17-11-9-2)24(31)20(4)28-25(32)33-26(5,6)7/h13-15,18,20,22H,8-12,16-17H2,1-7H3,(H,27,30)(H,28,32). The van der Waals surface area contributed by atoms with Gasteiger partial charge in [-0.25, -0.2) is 4.79 Å². The van der Waals surface area contributed by atoms with Crippen molar-refractivity contribution in [3.05, 3.63) is 35.4 Å². The van der Waals surface area contributed by atoms with E-state index in [-0.39, 0.29) is 11.8 Å². The lowest BCUT2D eigenvalue weighted by molar-refractivity contribution is -0.142. The first-order chi connectivity index (χ1) is 15.5. The highest BCUT2D eigenvalue weighted by molar-refractivity contribution is 5.92. The topological polar surface area (TPSA) is 87.7 Å². The van der Waals surface area contributed by atoms with Crippen molar-refractivity contribution in [2.24, 2.45) is 0 Å². The first kappa shape index (κ1) is 28.5. The number of carbonyl (C=O) groups excluding carboxylic acids is 3. The monoisotopic (exact) mass is 461 g/mol. The van der Waals surface area contributed by atoms with Gasteiger partial charge >= 0.3 is 6.09 Å². The Morgan fingerprint density at radius 3 is 2.30 bits per heavy atom. The number of benzene rings is 1. The van der Waals surface area contributed by atoms with Gasteiger partial charge in [0.25, 0.3) is 0 Å². The lowest BCUT2D eigenvalue weighted by Gasteiger charge is -2.34. The Balaban J connectivity index is 3.20. The van der Waals surface area contributed by atoms with Crippen LogP contribution in [-0.4, -0.2) is 47.5 Å². The molecule has 3 amide bonds. The fraction of sp³-hybridized carbons (Fsp3) is 0.654. The van der Waals surface area contributed by atoms with Gasteiger partial charge in [0.05, 0.1) is 0 Å². The molecule has 2 atom stereocenters. The van der Waals surface area contributed by atoms with E-state index in [9.17, 15) is 14.4 Å². The molecule has 0 aliphatic rings. The van der Waals surface area contributed by atoms with E-state index in [1.807, 2.05) is 38.1 Å². The third kappa shape index (κ3) is 10.3. The van der Waals surface area contributed by atoms with Crippen LogP contribution in [0.15, 0.2) is 24.3 Å². The molecule has 0 heterocycles. The third-order valence-electron chi connectivity index (χ3n) is 5.14. The van der Waals surface area contributed by atoms with E-state index in [0.717, 1.165) is 43.2 Å². The van der Waals surface area contributed by atoms with Crippen LogP contribution in [0.5, 0.6) is 0 Å². The van der Waals surface area contributed by atoms with Gasteiger partial charge in [-0.1, -0.05) is 62.9 Å². The molecule has 0 saturated heterocycles. The van der Waals surface area contributed by atoms with Gasteiger partial charge in [-0.2, -0.15) is 0 Å². The van der Waals surface area contributed by atoms with Crippen LogP contribution in [0.1, 0.15) is 90.8 Å². The molecule has 1 aromatic carbocycles. The molecule has 0 saturated carbocycles.